The highest BCUT2D eigenvalue weighted by Crippen LogP contribution is 2.26. The van der Waals surface area contributed by atoms with Crippen LogP contribution in [0.15, 0.2) is 83.9 Å². The fourth-order valence-corrected chi connectivity index (χ4v) is 2.81. The van der Waals surface area contributed by atoms with Crippen molar-refractivity contribution >= 4 is 0 Å². The summed E-state index contributed by atoms with van der Waals surface area (Å²) < 4.78 is 7.59. The van der Waals surface area contributed by atoms with E-state index in [0.717, 1.165) is 30.0 Å². The van der Waals surface area contributed by atoms with Crippen molar-refractivity contribution in [1.82, 2.24) is 14.8 Å². The molecule has 0 fully saturated rings. The molecule has 0 unspecified atom stereocenters. The van der Waals surface area contributed by atoms with Crippen molar-refractivity contribution in [3.63, 3.8) is 0 Å². The van der Waals surface area contributed by atoms with Crippen LogP contribution in [0.1, 0.15) is 16.8 Å². The van der Waals surface area contributed by atoms with Crippen molar-refractivity contribution in [1.29, 1.82) is 0 Å². The van der Waals surface area contributed by atoms with Crippen LogP contribution < -0.4 is 0 Å². The van der Waals surface area contributed by atoms with E-state index < -0.39 is 0 Å². The molecule has 4 aromatic rings. The third-order valence-corrected chi connectivity index (χ3v) is 3.95. The topological polar surface area (TPSA) is 43.9 Å². The minimum absolute atomic E-state index is 0.739. The molecule has 0 aliphatic carbocycles. The number of aromatic nitrogens is 3. The highest BCUT2D eigenvalue weighted by molar-refractivity contribution is 5.61. The number of benzene rings is 2. The number of hydrogen-bond donors (Lipinski definition) is 0. The average molecular weight is 315 g/mol. The molecule has 0 amide bonds. The van der Waals surface area contributed by atoms with Crippen molar-refractivity contribution in [2.75, 3.05) is 0 Å². The van der Waals surface area contributed by atoms with E-state index in [1.807, 2.05) is 41.2 Å². The van der Waals surface area contributed by atoms with Gasteiger partial charge in [-0.3, -0.25) is 4.68 Å². The fourth-order valence-electron chi connectivity index (χ4n) is 2.81. The summed E-state index contributed by atoms with van der Waals surface area (Å²) in [6, 6.07) is 20.6. The summed E-state index contributed by atoms with van der Waals surface area (Å²) in [4.78, 5) is 4.41. The highest BCUT2D eigenvalue weighted by atomic mass is 16.3. The van der Waals surface area contributed by atoms with E-state index >= 15 is 0 Å². The monoisotopic (exact) mass is 315 g/mol. The molecule has 0 spiro atoms. The minimum Gasteiger partial charge on any atom is -0.443 e. The van der Waals surface area contributed by atoms with Gasteiger partial charge >= 0.3 is 0 Å². The van der Waals surface area contributed by atoms with Gasteiger partial charge in [-0.15, -0.1) is 0 Å². The average Bonchev–Trinajstić information content (AvgIpc) is 3.28. The van der Waals surface area contributed by atoms with Gasteiger partial charge in [0.15, 0.2) is 12.2 Å². The van der Waals surface area contributed by atoms with Gasteiger partial charge in [0.2, 0.25) is 0 Å². The summed E-state index contributed by atoms with van der Waals surface area (Å²) in [6.45, 7) is 0.739. The van der Waals surface area contributed by atoms with Crippen molar-refractivity contribution < 1.29 is 4.42 Å². The van der Waals surface area contributed by atoms with Crippen molar-refractivity contribution in [3.8, 4) is 11.3 Å². The molecular weight excluding hydrogens is 298 g/mol. The third-order valence-electron chi connectivity index (χ3n) is 3.95. The molecule has 0 radical (unpaired) electrons. The van der Waals surface area contributed by atoms with E-state index in [1.54, 1.807) is 6.20 Å². The number of nitrogens with zero attached hydrogens (tertiary/aromatic N) is 3. The molecule has 4 nitrogen and oxygen atoms in total. The maximum atomic E-state index is 5.68. The summed E-state index contributed by atoms with van der Waals surface area (Å²) in [5.41, 5.74) is 4.40. The molecule has 0 aliphatic rings. The van der Waals surface area contributed by atoms with E-state index in [0.29, 0.717) is 0 Å². The van der Waals surface area contributed by atoms with Crippen LogP contribution >= 0.6 is 0 Å². The largest absolute Gasteiger partial charge is 0.443 e. The fraction of sp³-hybridized carbons (Fsp3) is 0.100. The lowest BCUT2D eigenvalue weighted by molar-refractivity contribution is 0.571. The lowest BCUT2D eigenvalue weighted by Gasteiger charge is -2.06. The predicted molar refractivity (Wildman–Crippen MR) is 92.5 cm³/mol. The van der Waals surface area contributed by atoms with Gasteiger partial charge in [-0.2, -0.15) is 5.10 Å². The zero-order chi connectivity index (χ0) is 16.2. The van der Waals surface area contributed by atoms with Gasteiger partial charge in [-0.05, 0) is 23.3 Å². The first-order valence-corrected chi connectivity index (χ1v) is 7.91. The number of oxazole rings is 1. The van der Waals surface area contributed by atoms with Gasteiger partial charge in [0.05, 0.1) is 12.2 Å². The molecule has 2 aromatic carbocycles. The smallest absolute Gasteiger partial charge is 0.181 e. The van der Waals surface area contributed by atoms with Crippen LogP contribution in [-0.4, -0.2) is 14.8 Å². The number of hydrogen-bond acceptors (Lipinski definition) is 3. The molecule has 0 N–H and O–H groups in total. The first-order chi connectivity index (χ1) is 11.9. The van der Waals surface area contributed by atoms with Crippen molar-refractivity contribution in [2.45, 2.75) is 13.0 Å². The lowest BCUT2D eigenvalue weighted by atomic mass is 10.0. The molecule has 2 heterocycles. The summed E-state index contributed by atoms with van der Waals surface area (Å²) in [5, 5.41) is 4.26. The summed E-state index contributed by atoms with van der Waals surface area (Å²) in [7, 11) is 0. The Bertz CT molecular complexity index is 911. The van der Waals surface area contributed by atoms with Gasteiger partial charge in [0.25, 0.3) is 0 Å². The molecule has 118 valence electrons. The van der Waals surface area contributed by atoms with E-state index in [9.17, 15) is 0 Å². The Morgan fingerprint density at radius 2 is 1.79 bits per heavy atom. The maximum absolute atomic E-state index is 5.68. The second kappa shape index (κ2) is 6.54. The summed E-state index contributed by atoms with van der Waals surface area (Å²) >= 11 is 0. The quantitative estimate of drug-likeness (QED) is 0.555. The molecular formula is C20H17N3O. The van der Waals surface area contributed by atoms with Gasteiger partial charge in [-0.1, -0.05) is 48.5 Å². The SMILES string of the molecule is c1ccc(Cc2ncoc2-c2cccc(Cn3cccn3)c2)cc1. The molecule has 0 saturated heterocycles. The van der Waals surface area contributed by atoms with Crippen LogP contribution in [0, 0.1) is 0 Å². The molecule has 24 heavy (non-hydrogen) atoms. The Hall–Kier alpha value is -3.14. The minimum atomic E-state index is 0.739. The lowest BCUT2D eigenvalue weighted by Crippen LogP contribution is -2.00. The second-order valence-electron chi connectivity index (χ2n) is 5.69. The van der Waals surface area contributed by atoms with E-state index in [1.165, 1.54) is 17.5 Å². The van der Waals surface area contributed by atoms with Gasteiger partial charge < -0.3 is 4.42 Å². The standard InChI is InChI=1S/C20H17N3O/c1-2-6-16(7-3-1)13-19-20(24-15-21-19)18-9-4-8-17(12-18)14-23-11-5-10-22-23/h1-12,15H,13-14H2. The molecule has 0 atom stereocenters. The second-order valence-corrected chi connectivity index (χ2v) is 5.69. The van der Waals surface area contributed by atoms with Gasteiger partial charge in [-0.25, -0.2) is 4.98 Å². The Kier molecular flexibility index (Phi) is 3.94. The molecule has 2 aromatic heterocycles. The van der Waals surface area contributed by atoms with E-state index in [2.05, 4.69) is 40.4 Å². The Morgan fingerprint density at radius 3 is 2.62 bits per heavy atom. The summed E-state index contributed by atoms with van der Waals surface area (Å²) in [5.74, 6) is 0.834. The number of rotatable bonds is 5. The Labute approximate surface area is 140 Å². The van der Waals surface area contributed by atoms with Crippen LogP contribution in [0.4, 0.5) is 0 Å². The molecule has 0 saturated carbocycles. The first kappa shape index (κ1) is 14.5. The molecule has 4 rings (SSSR count). The third kappa shape index (κ3) is 3.13. The Morgan fingerprint density at radius 1 is 0.917 bits per heavy atom. The van der Waals surface area contributed by atoms with Crippen molar-refractivity contribution in [3.05, 3.63) is 96.3 Å². The molecule has 0 bridgehead atoms. The Balaban J connectivity index is 1.61. The van der Waals surface area contributed by atoms with Crippen LogP contribution in [0.5, 0.6) is 0 Å². The van der Waals surface area contributed by atoms with Gasteiger partial charge in [0, 0.05) is 24.4 Å². The van der Waals surface area contributed by atoms with E-state index in [-0.39, 0.29) is 0 Å². The zero-order valence-electron chi connectivity index (χ0n) is 13.2. The van der Waals surface area contributed by atoms with Crippen LogP contribution in [0.25, 0.3) is 11.3 Å². The highest BCUT2D eigenvalue weighted by Gasteiger charge is 2.12. The summed E-state index contributed by atoms with van der Waals surface area (Å²) in [6.07, 6.45) is 6.03. The van der Waals surface area contributed by atoms with Gasteiger partial charge in [0.1, 0.15) is 0 Å². The first-order valence-electron chi connectivity index (χ1n) is 7.91. The van der Waals surface area contributed by atoms with Crippen LogP contribution in [0.3, 0.4) is 0 Å². The van der Waals surface area contributed by atoms with Crippen LogP contribution in [0.2, 0.25) is 0 Å². The van der Waals surface area contributed by atoms with Crippen LogP contribution in [-0.2, 0) is 13.0 Å². The van der Waals surface area contributed by atoms with Crippen molar-refractivity contribution in [2.24, 2.45) is 0 Å². The maximum Gasteiger partial charge on any atom is 0.181 e. The van der Waals surface area contributed by atoms with E-state index in [4.69, 9.17) is 4.42 Å². The normalized spacial score (nSPS) is 10.8. The molecule has 4 heteroatoms. The molecule has 0 aliphatic heterocycles. The zero-order valence-corrected chi connectivity index (χ0v) is 13.2. The predicted octanol–water partition coefficient (Wildman–Crippen LogP) is 4.18.